The van der Waals surface area contributed by atoms with Crippen molar-refractivity contribution in [3.8, 4) is 0 Å². The second kappa shape index (κ2) is 13.9. The van der Waals surface area contributed by atoms with E-state index in [9.17, 15) is 9.59 Å². The number of hydrogen-bond acceptors (Lipinski definition) is 4. The first-order valence-corrected chi connectivity index (χ1v) is 7.80. The van der Waals surface area contributed by atoms with Crippen LogP contribution in [0.2, 0.25) is 0 Å². The maximum Gasteiger partial charge on any atom is 0.404 e. The van der Waals surface area contributed by atoms with Crippen LogP contribution in [0.5, 0.6) is 0 Å². The van der Waals surface area contributed by atoms with Crippen LogP contribution in [0, 0.1) is 0 Å². The molecule has 5 nitrogen and oxygen atoms in total. The fourth-order valence-corrected chi connectivity index (χ4v) is 1.61. The molecule has 0 atom stereocenters. The molecule has 2 rings (SSSR count). The monoisotopic (exact) mass is 311 g/mol. The number of primary amides is 1. The van der Waals surface area contributed by atoms with Crippen molar-refractivity contribution in [2.75, 3.05) is 13.2 Å². The van der Waals surface area contributed by atoms with Gasteiger partial charge in [0.15, 0.2) is 0 Å². The molecular weight excluding hydrogens is 282 g/mol. The smallest absolute Gasteiger partial charge is 0.404 e. The molecule has 126 valence electrons. The highest BCUT2D eigenvalue weighted by atomic mass is 16.6. The molecule has 1 aromatic carbocycles. The Balaban J connectivity index is 0. The molecule has 1 aliphatic heterocycles. The van der Waals surface area contributed by atoms with Crippen molar-refractivity contribution in [1.29, 1.82) is 0 Å². The Morgan fingerprint density at radius 1 is 1.23 bits per heavy atom. The zero-order valence-corrected chi connectivity index (χ0v) is 13.5. The standard InChI is InChI=1S/C12H17NO2.C3H4O2.C2H6.H2/c13-12(14)15-10-6-2-5-9-11-7-3-1-4-8-11;4-3-1-2-5-3;1-2;/h1,3-4,7-8H,2,5-6,9-10H2,(H2,13,14);1-2H2;1-2H3;1H. The largest absolute Gasteiger partial charge is 0.465 e. The Labute approximate surface area is 134 Å². The molecular formula is C17H29NO4. The van der Waals surface area contributed by atoms with Crippen LogP contribution in [0.15, 0.2) is 30.3 Å². The normalized spacial score (nSPS) is 11.6. The summed E-state index contributed by atoms with van der Waals surface area (Å²) in [6.07, 6.45) is 4.08. The lowest BCUT2D eigenvalue weighted by Gasteiger charge is -2.09. The maximum atomic E-state index is 10.3. The van der Waals surface area contributed by atoms with E-state index in [4.69, 9.17) is 5.73 Å². The molecule has 0 saturated carbocycles. The zero-order chi connectivity index (χ0) is 16.6. The minimum atomic E-state index is -0.682. The van der Waals surface area contributed by atoms with Gasteiger partial charge in [-0.1, -0.05) is 44.2 Å². The fourth-order valence-electron chi connectivity index (χ4n) is 1.61. The minimum absolute atomic E-state index is 0. The van der Waals surface area contributed by atoms with Crippen LogP contribution < -0.4 is 5.73 Å². The molecule has 1 amide bonds. The molecule has 1 aromatic rings. The molecule has 1 fully saturated rings. The van der Waals surface area contributed by atoms with E-state index in [-0.39, 0.29) is 7.40 Å². The molecule has 0 bridgehead atoms. The van der Waals surface area contributed by atoms with Crippen molar-refractivity contribution in [1.82, 2.24) is 0 Å². The van der Waals surface area contributed by atoms with Gasteiger partial charge in [-0.15, -0.1) is 0 Å². The van der Waals surface area contributed by atoms with Gasteiger partial charge in [0, 0.05) is 1.43 Å². The molecule has 22 heavy (non-hydrogen) atoms. The molecule has 0 spiro atoms. The summed E-state index contributed by atoms with van der Waals surface area (Å²) in [7, 11) is 0. The van der Waals surface area contributed by atoms with E-state index in [1.54, 1.807) is 0 Å². The van der Waals surface area contributed by atoms with Crippen molar-refractivity contribution >= 4 is 12.1 Å². The van der Waals surface area contributed by atoms with E-state index in [0.717, 1.165) is 25.7 Å². The third-order valence-corrected chi connectivity index (χ3v) is 2.77. The molecule has 1 heterocycles. The van der Waals surface area contributed by atoms with Crippen LogP contribution >= 0.6 is 0 Å². The molecule has 5 heteroatoms. The van der Waals surface area contributed by atoms with Crippen molar-refractivity contribution in [2.24, 2.45) is 5.73 Å². The van der Waals surface area contributed by atoms with E-state index in [1.165, 1.54) is 5.56 Å². The summed E-state index contributed by atoms with van der Waals surface area (Å²) in [6, 6.07) is 10.4. The third-order valence-electron chi connectivity index (χ3n) is 2.77. The van der Waals surface area contributed by atoms with Gasteiger partial charge in [-0.25, -0.2) is 4.79 Å². The number of hydrogen-bond donors (Lipinski definition) is 1. The van der Waals surface area contributed by atoms with E-state index in [1.807, 2.05) is 32.0 Å². The average Bonchev–Trinajstić information content (AvgIpc) is 2.52. The van der Waals surface area contributed by atoms with Crippen LogP contribution in [0.1, 0.15) is 46.5 Å². The van der Waals surface area contributed by atoms with Crippen LogP contribution in [0.25, 0.3) is 0 Å². The van der Waals surface area contributed by atoms with Crippen molar-refractivity contribution < 1.29 is 20.5 Å². The lowest BCUT2D eigenvalue weighted by molar-refractivity contribution is -0.157. The number of unbranched alkanes of at least 4 members (excludes halogenated alkanes) is 2. The summed E-state index contributed by atoms with van der Waals surface area (Å²) in [5, 5.41) is 0. The van der Waals surface area contributed by atoms with Gasteiger partial charge in [-0.2, -0.15) is 0 Å². The summed E-state index contributed by atoms with van der Waals surface area (Å²) in [4.78, 5) is 19.9. The van der Waals surface area contributed by atoms with Gasteiger partial charge in [0.2, 0.25) is 0 Å². The van der Waals surface area contributed by atoms with Crippen LogP contribution in [-0.4, -0.2) is 25.3 Å². The summed E-state index contributed by atoms with van der Waals surface area (Å²) in [5.74, 6) is -0.0648. The fraction of sp³-hybridized carbons (Fsp3) is 0.529. The Kier molecular flexibility index (Phi) is 12.6. The van der Waals surface area contributed by atoms with Crippen molar-refractivity contribution in [2.45, 2.75) is 46.0 Å². The van der Waals surface area contributed by atoms with Crippen molar-refractivity contribution in [3.05, 3.63) is 35.9 Å². The zero-order valence-electron chi connectivity index (χ0n) is 13.5. The maximum absolute atomic E-state index is 10.3. The van der Waals surface area contributed by atoms with E-state index in [2.05, 4.69) is 21.6 Å². The predicted octanol–water partition coefficient (Wildman–Crippen LogP) is 3.70. The van der Waals surface area contributed by atoms with Gasteiger partial charge in [-0.05, 0) is 31.2 Å². The number of carbonyl (C=O) groups excluding carboxylic acids is 2. The molecule has 1 saturated heterocycles. The Bertz CT molecular complexity index is 406. The molecule has 0 aliphatic carbocycles. The van der Waals surface area contributed by atoms with Gasteiger partial charge in [0.25, 0.3) is 0 Å². The first kappa shape index (κ1) is 20.0. The molecule has 0 aromatic heterocycles. The third kappa shape index (κ3) is 11.8. The van der Waals surface area contributed by atoms with Gasteiger partial charge in [-0.3, -0.25) is 4.79 Å². The highest BCUT2D eigenvalue weighted by Crippen LogP contribution is 2.06. The SMILES string of the molecule is CC.NC(=O)OCCCCCc1ccccc1.O=C1CCO1.[HH]. The number of benzene rings is 1. The van der Waals surface area contributed by atoms with Gasteiger partial charge >= 0.3 is 12.1 Å². The predicted molar refractivity (Wildman–Crippen MR) is 88.6 cm³/mol. The van der Waals surface area contributed by atoms with Crippen LogP contribution in [-0.2, 0) is 20.7 Å². The van der Waals surface area contributed by atoms with Gasteiger partial charge in [0.1, 0.15) is 6.61 Å². The van der Waals surface area contributed by atoms with Gasteiger partial charge in [0.05, 0.1) is 13.0 Å². The van der Waals surface area contributed by atoms with Gasteiger partial charge < -0.3 is 15.2 Å². The van der Waals surface area contributed by atoms with Crippen LogP contribution in [0.4, 0.5) is 4.79 Å². The number of nitrogens with two attached hydrogens (primary N) is 1. The number of esters is 1. The number of aryl methyl sites for hydroxylation is 1. The molecule has 0 unspecified atom stereocenters. The number of ether oxygens (including phenoxy) is 2. The van der Waals surface area contributed by atoms with Crippen LogP contribution in [0.3, 0.4) is 0 Å². The number of amides is 1. The second-order valence-corrected chi connectivity index (χ2v) is 4.43. The average molecular weight is 311 g/mol. The lowest BCUT2D eigenvalue weighted by atomic mass is 10.1. The second-order valence-electron chi connectivity index (χ2n) is 4.43. The van der Waals surface area contributed by atoms with E-state index in [0.29, 0.717) is 19.6 Å². The molecule has 1 aliphatic rings. The highest BCUT2D eigenvalue weighted by molar-refractivity contribution is 5.73. The Morgan fingerprint density at radius 3 is 2.27 bits per heavy atom. The topological polar surface area (TPSA) is 78.6 Å². The lowest BCUT2D eigenvalue weighted by Crippen LogP contribution is -2.18. The highest BCUT2D eigenvalue weighted by Gasteiger charge is 2.10. The Morgan fingerprint density at radius 2 is 1.82 bits per heavy atom. The minimum Gasteiger partial charge on any atom is -0.465 e. The van der Waals surface area contributed by atoms with E-state index < -0.39 is 6.09 Å². The number of carbonyl (C=O) groups is 2. The quantitative estimate of drug-likeness (QED) is 0.641. The summed E-state index contributed by atoms with van der Waals surface area (Å²) < 4.78 is 8.92. The van der Waals surface area contributed by atoms with Crippen molar-refractivity contribution in [3.63, 3.8) is 0 Å². The number of rotatable bonds is 6. The molecule has 0 radical (unpaired) electrons. The summed E-state index contributed by atoms with van der Waals surface area (Å²) >= 11 is 0. The molecule has 2 N–H and O–H groups in total. The summed E-state index contributed by atoms with van der Waals surface area (Å²) in [6.45, 7) is 5.07. The number of cyclic esters (lactones) is 1. The Hall–Kier alpha value is -2.04. The van der Waals surface area contributed by atoms with E-state index >= 15 is 0 Å². The summed E-state index contributed by atoms with van der Waals surface area (Å²) in [5.41, 5.74) is 6.19. The first-order chi connectivity index (χ1) is 10.7. The first-order valence-electron chi connectivity index (χ1n) is 7.80.